The van der Waals surface area contributed by atoms with Crippen molar-refractivity contribution in [1.29, 1.82) is 0 Å². The van der Waals surface area contributed by atoms with Crippen molar-refractivity contribution in [3.05, 3.63) is 39.9 Å². The molecule has 0 bridgehead atoms. The third-order valence-corrected chi connectivity index (χ3v) is 3.90. The summed E-state index contributed by atoms with van der Waals surface area (Å²) >= 11 is 0. The number of carbonyl (C=O) groups is 3. The second-order valence-electron chi connectivity index (χ2n) is 7.38. The third kappa shape index (κ3) is 5.49. The van der Waals surface area contributed by atoms with Gasteiger partial charge in [-0.3, -0.25) is 19.8 Å². The van der Waals surface area contributed by atoms with Gasteiger partial charge in [-0.2, -0.15) is 0 Å². The van der Waals surface area contributed by atoms with Crippen molar-refractivity contribution in [3.8, 4) is 0 Å². The van der Waals surface area contributed by atoms with Crippen LogP contribution in [0.1, 0.15) is 37.6 Å². The van der Waals surface area contributed by atoms with Gasteiger partial charge in [0, 0.05) is 24.1 Å². The quantitative estimate of drug-likeness (QED) is 0.345. The van der Waals surface area contributed by atoms with Gasteiger partial charge >= 0.3 is 12.1 Å². The van der Waals surface area contributed by atoms with Crippen LogP contribution in [0.25, 0.3) is 0 Å². The number of carbonyl (C=O) groups excluding carboxylic acids is 3. The molecule has 1 N–H and O–H groups in total. The van der Waals surface area contributed by atoms with Crippen molar-refractivity contribution in [2.75, 3.05) is 13.2 Å². The second kappa shape index (κ2) is 8.34. The minimum atomic E-state index is -1.08. The van der Waals surface area contributed by atoms with Crippen LogP contribution in [0.2, 0.25) is 0 Å². The Morgan fingerprint density at radius 2 is 2.00 bits per heavy atom. The zero-order chi connectivity index (χ0) is 21.1. The van der Waals surface area contributed by atoms with Gasteiger partial charge in [-0.15, -0.1) is 0 Å². The van der Waals surface area contributed by atoms with Crippen LogP contribution in [0.15, 0.2) is 24.3 Å². The zero-order valence-corrected chi connectivity index (χ0v) is 15.8. The fraction of sp³-hybridized carbons (Fsp3) is 0.500. The maximum atomic E-state index is 12.3. The van der Waals surface area contributed by atoms with Gasteiger partial charge in [-0.05, 0) is 20.8 Å². The Labute approximate surface area is 161 Å². The number of amides is 1. The number of aliphatic hydroxyl groups excluding tert-OH is 1. The van der Waals surface area contributed by atoms with Gasteiger partial charge < -0.3 is 14.6 Å². The van der Waals surface area contributed by atoms with Crippen LogP contribution < -0.4 is 0 Å². The van der Waals surface area contributed by atoms with Gasteiger partial charge in [-0.25, -0.2) is 9.59 Å². The van der Waals surface area contributed by atoms with E-state index >= 15 is 0 Å². The van der Waals surface area contributed by atoms with E-state index in [4.69, 9.17) is 9.47 Å². The number of Topliss-reactive ketones (excluding diaryl/α,β-unsaturated/α-hetero) is 1. The summed E-state index contributed by atoms with van der Waals surface area (Å²) < 4.78 is 10.2. The average Bonchev–Trinajstić information content (AvgIpc) is 3.00. The van der Waals surface area contributed by atoms with E-state index < -0.39 is 47.1 Å². The number of ether oxygens (including phenoxy) is 2. The first kappa shape index (κ1) is 21.3. The molecular weight excluding hydrogens is 372 g/mol. The summed E-state index contributed by atoms with van der Waals surface area (Å²) in [6, 6.07) is 3.97. The molecule has 1 aromatic rings. The summed E-state index contributed by atoms with van der Waals surface area (Å²) in [6.07, 6.45) is -1.73. The summed E-state index contributed by atoms with van der Waals surface area (Å²) in [5, 5.41) is 20.6. The molecule has 28 heavy (non-hydrogen) atoms. The Bertz CT molecular complexity index is 786. The number of β-amino-alcohol motifs (C(OH)–C–C–N with tert-alkyl or cyclic N) is 1. The minimum Gasteiger partial charge on any atom is -0.456 e. The molecule has 0 aromatic heterocycles. The van der Waals surface area contributed by atoms with E-state index in [2.05, 4.69) is 0 Å². The first-order chi connectivity index (χ1) is 13.0. The highest BCUT2D eigenvalue weighted by atomic mass is 16.6. The fourth-order valence-electron chi connectivity index (χ4n) is 2.67. The van der Waals surface area contributed by atoms with E-state index in [1.54, 1.807) is 20.8 Å². The van der Waals surface area contributed by atoms with E-state index in [-0.39, 0.29) is 24.2 Å². The first-order valence-corrected chi connectivity index (χ1v) is 8.60. The topological polar surface area (TPSA) is 136 Å². The largest absolute Gasteiger partial charge is 0.456 e. The van der Waals surface area contributed by atoms with Gasteiger partial charge in [0.1, 0.15) is 11.6 Å². The molecular formula is C18H22N2O8. The van der Waals surface area contributed by atoms with Crippen molar-refractivity contribution in [2.45, 2.75) is 44.9 Å². The third-order valence-electron chi connectivity index (χ3n) is 3.90. The molecule has 0 spiro atoms. The predicted molar refractivity (Wildman–Crippen MR) is 95.7 cm³/mol. The molecule has 1 fully saturated rings. The molecule has 1 heterocycles. The molecule has 0 aliphatic carbocycles. The standard InChI is InChI=1S/C18H22N2O8/c1-18(2,3)28-17(24)19-9-13(21)8-14(19)16(23)27-10-15(22)11-5-4-6-12(7-11)20(25)26/h4-7,13-14,21H,8-10H2,1-3H3/t13-,14-/m0/s1. The van der Waals surface area contributed by atoms with Gasteiger partial charge in [-0.1, -0.05) is 12.1 Å². The van der Waals surface area contributed by atoms with Crippen LogP contribution >= 0.6 is 0 Å². The van der Waals surface area contributed by atoms with E-state index in [1.165, 1.54) is 18.2 Å². The van der Waals surface area contributed by atoms with Crippen LogP contribution in [0, 0.1) is 10.1 Å². The number of nitro benzene ring substituents is 1. The number of nitro groups is 1. The second-order valence-corrected chi connectivity index (χ2v) is 7.38. The minimum absolute atomic E-state index is 0.0254. The highest BCUT2D eigenvalue weighted by molar-refractivity contribution is 5.98. The number of hydrogen-bond acceptors (Lipinski definition) is 8. The summed E-state index contributed by atoms with van der Waals surface area (Å²) in [7, 11) is 0. The molecule has 0 unspecified atom stereocenters. The lowest BCUT2D eigenvalue weighted by Crippen LogP contribution is -2.44. The molecule has 1 aliphatic rings. The Hall–Kier alpha value is -3.01. The van der Waals surface area contributed by atoms with E-state index in [0.717, 1.165) is 11.0 Å². The van der Waals surface area contributed by atoms with E-state index in [0.29, 0.717) is 0 Å². The molecule has 1 amide bonds. The SMILES string of the molecule is CC(C)(C)OC(=O)N1C[C@@H](O)C[C@H]1C(=O)OCC(=O)c1cccc([N+](=O)[O-])c1. The molecule has 152 valence electrons. The molecule has 2 rings (SSSR count). The average molecular weight is 394 g/mol. The Morgan fingerprint density at radius 3 is 2.61 bits per heavy atom. The predicted octanol–water partition coefficient (Wildman–Crippen LogP) is 1.69. The number of benzene rings is 1. The molecule has 0 radical (unpaired) electrons. The number of nitrogens with zero attached hydrogens (tertiary/aromatic N) is 2. The van der Waals surface area contributed by atoms with Crippen molar-refractivity contribution < 1.29 is 33.9 Å². The molecule has 10 heteroatoms. The number of aliphatic hydroxyl groups is 1. The van der Waals surface area contributed by atoms with E-state index in [1.807, 2.05) is 0 Å². The smallest absolute Gasteiger partial charge is 0.411 e. The first-order valence-electron chi connectivity index (χ1n) is 8.60. The molecule has 1 saturated heterocycles. The number of hydrogen-bond donors (Lipinski definition) is 1. The monoisotopic (exact) mass is 394 g/mol. The van der Waals surface area contributed by atoms with Crippen LogP contribution in [-0.2, 0) is 14.3 Å². The lowest BCUT2D eigenvalue weighted by atomic mass is 10.1. The highest BCUT2D eigenvalue weighted by Crippen LogP contribution is 2.22. The van der Waals surface area contributed by atoms with Crippen molar-refractivity contribution in [3.63, 3.8) is 0 Å². The van der Waals surface area contributed by atoms with Crippen LogP contribution in [0.4, 0.5) is 10.5 Å². The number of non-ortho nitro benzene ring substituents is 1. The van der Waals surface area contributed by atoms with Crippen LogP contribution in [-0.4, -0.2) is 63.7 Å². The zero-order valence-electron chi connectivity index (χ0n) is 15.8. The highest BCUT2D eigenvalue weighted by Gasteiger charge is 2.42. The maximum Gasteiger partial charge on any atom is 0.411 e. The van der Waals surface area contributed by atoms with Gasteiger partial charge in [0.25, 0.3) is 5.69 Å². The maximum absolute atomic E-state index is 12.3. The number of esters is 1. The van der Waals surface area contributed by atoms with E-state index in [9.17, 15) is 29.6 Å². The van der Waals surface area contributed by atoms with Gasteiger partial charge in [0.2, 0.25) is 5.78 Å². The normalized spacial score (nSPS) is 19.2. The molecule has 1 aliphatic heterocycles. The lowest BCUT2D eigenvalue weighted by molar-refractivity contribution is -0.384. The molecule has 0 saturated carbocycles. The molecule has 1 aromatic carbocycles. The summed E-state index contributed by atoms with van der Waals surface area (Å²) in [6.45, 7) is 4.27. The molecule has 2 atom stereocenters. The summed E-state index contributed by atoms with van der Waals surface area (Å²) in [5.74, 6) is -1.49. The Balaban J connectivity index is 2.01. The number of likely N-dealkylation sites (tertiary alicyclic amines) is 1. The molecule has 10 nitrogen and oxygen atoms in total. The summed E-state index contributed by atoms with van der Waals surface area (Å²) in [5.41, 5.74) is -1.01. The summed E-state index contributed by atoms with van der Waals surface area (Å²) in [4.78, 5) is 47.9. The fourth-order valence-corrected chi connectivity index (χ4v) is 2.67. The Kier molecular flexibility index (Phi) is 6.34. The van der Waals surface area contributed by atoms with Crippen LogP contribution in [0.5, 0.6) is 0 Å². The van der Waals surface area contributed by atoms with Crippen LogP contribution in [0.3, 0.4) is 0 Å². The van der Waals surface area contributed by atoms with Gasteiger partial charge in [0.15, 0.2) is 6.61 Å². The van der Waals surface area contributed by atoms with Crippen molar-refractivity contribution in [2.24, 2.45) is 0 Å². The van der Waals surface area contributed by atoms with Crippen molar-refractivity contribution >= 4 is 23.5 Å². The van der Waals surface area contributed by atoms with Gasteiger partial charge in [0.05, 0.1) is 17.6 Å². The number of ketones is 1. The number of rotatable bonds is 5. The lowest BCUT2D eigenvalue weighted by Gasteiger charge is -2.27. The Morgan fingerprint density at radius 1 is 1.32 bits per heavy atom. The van der Waals surface area contributed by atoms with Crippen molar-refractivity contribution in [1.82, 2.24) is 4.90 Å².